The number of anilines is 1. The van der Waals surface area contributed by atoms with Crippen LogP contribution in [0.3, 0.4) is 0 Å². The molecule has 0 saturated heterocycles. The molecule has 0 saturated carbocycles. The average Bonchev–Trinajstić information content (AvgIpc) is 2.53. The Bertz CT molecular complexity index is 534. The molecule has 0 aliphatic heterocycles. The lowest BCUT2D eigenvalue weighted by atomic mass is 10.1. The molecule has 1 N–H and O–H groups in total. The summed E-state index contributed by atoms with van der Waals surface area (Å²) in [6.45, 7) is 6.03. The third-order valence-electron chi connectivity index (χ3n) is 3.61. The summed E-state index contributed by atoms with van der Waals surface area (Å²) in [6.07, 6.45) is 3.27. The predicted octanol–water partition coefficient (Wildman–Crippen LogP) is 4.83. The fourth-order valence-corrected chi connectivity index (χ4v) is 2.22. The number of benzene rings is 2. The van der Waals surface area contributed by atoms with Gasteiger partial charge in [0.05, 0.1) is 6.61 Å². The molecule has 2 heteroatoms. The van der Waals surface area contributed by atoms with Gasteiger partial charge in [-0.2, -0.15) is 0 Å². The number of aryl methyl sites for hydroxylation is 2. The van der Waals surface area contributed by atoms with Crippen molar-refractivity contribution in [2.45, 2.75) is 33.1 Å². The maximum absolute atomic E-state index is 5.79. The Kier molecular flexibility index (Phi) is 6.14. The largest absolute Gasteiger partial charge is 0.493 e. The van der Waals surface area contributed by atoms with Crippen molar-refractivity contribution in [1.29, 1.82) is 0 Å². The van der Waals surface area contributed by atoms with Crippen molar-refractivity contribution in [3.05, 3.63) is 59.7 Å². The third kappa shape index (κ3) is 5.14. The van der Waals surface area contributed by atoms with Crippen LogP contribution in [0.25, 0.3) is 0 Å². The van der Waals surface area contributed by atoms with Crippen LogP contribution in [-0.4, -0.2) is 13.2 Å². The summed E-state index contributed by atoms with van der Waals surface area (Å²) in [6, 6.07) is 16.8. The normalized spacial score (nSPS) is 10.4. The fraction of sp³-hybridized carbons (Fsp3) is 0.368. The molecule has 0 aliphatic carbocycles. The van der Waals surface area contributed by atoms with Gasteiger partial charge in [0.2, 0.25) is 0 Å². The zero-order valence-corrected chi connectivity index (χ0v) is 13.1. The molecule has 2 aromatic rings. The van der Waals surface area contributed by atoms with Gasteiger partial charge in [0.15, 0.2) is 0 Å². The van der Waals surface area contributed by atoms with E-state index in [1.807, 2.05) is 18.2 Å². The van der Waals surface area contributed by atoms with Crippen LogP contribution in [-0.2, 0) is 6.42 Å². The van der Waals surface area contributed by atoms with E-state index in [0.717, 1.165) is 38.2 Å². The van der Waals surface area contributed by atoms with Gasteiger partial charge in [-0.3, -0.25) is 0 Å². The number of hydrogen-bond acceptors (Lipinski definition) is 2. The van der Waals surface area contributed by atoms with Gasteiger partial charge < -0.3 is 10.1 Å². The first-order valence-electron chi connectivity index (χ1n) is 7.81. The first-order valence-corrected chi connectivity index (χ1v) is 7.81. The van der Waals surface area contributed by atoms with E-state index < -0.39 is 0 Å². The molecular formula is C19H25NO. The Morgan fingerprint density at radius 1 is 0.952 bits per heavy atom. The third-order valence-corrected chi connectivity index (χ3v) is 3.61. The van der Waals surface area contributed by atoms with E-state index in [-0.39, 0.29) is 0 Å². The monoisotopic (exact) mass is 283 g/mol. The highest BCUT2D eigenvalue weighted by atomic mass is 16.5. The Hall–Kier alpha value is -1.96. The summed E-state index contributed by atoms with van der Waals surface area (Å²) in [7, 11) is 0. The van der Waals surface area contributed by atoms with Crippen LogP contribution in [0.15, 0.2) is 48.5 Å². The number of unbranched alkanes of at least 4 members (excludes halogenated alkanes) is 1. The molecule has 0 unspecified atom stereocenters. The van der Waals surface area contributed by atoms with Crippen LogP contribution in [0.4, 0.5) is 5.69 Å². The minimum atomic E-state index is 0.779. The van der Waals surface area contributed by atoms with Crippen LogP contribution in [0.2, 0.25) is 0 Å². The van der Waals surface area contributed by atoms with E-state index in [1.54, 1.807) is 0 Å². The van der Waals surface area contributed by atoms with E-state index >= 15 is 0 Å². The van der Waals surface area contributed by atoms with Crippen molar-refractivity contribution in [2.75, 3.05) is 18.5 Å². The minimum Gasteiger partial charge on any atom is -0.493 e. The standard InChI is InChI=1S/C19H25NO/c1-3-17-10-12-18(13-11-17)20-14-6-7-15-21-19-9-5-4-8-16(19)2/h4-5,8-13,20H,3,6-7,14-15H2,1-2H3. The lowest BCUT2D eigenvalue weighted by Gasteiger charge is -2.09. The second-order valence-corrected chi connectivity index (χ2v) is 5.30. The summed E-state index contributed by atoms with van der Waals surface area (Å²) < 4.78 is 5.79. The van der Waals surface area contributed by atoms with Gasteiger partial charge >= 0.3 is 0 Å². The zero-order valence-electron chi connectivity index (χ0n) is 13.1. The number of rotatable bonds is 8. The zero-order chi connectivity index (χ0) is 14.9. The van der Waals surface area contributed by atoms with Gasteiger partial charge in [-0.25, -0.2) is 0 Å². The maximum Gasteiger partial charge on any atom is 0.122 e. The average molecular weight is 283 g/mol. The SMILES string of the molecule is CCc1ccc(NCCCCOc2ccccc2C)cc1. The van der Waals surface area contributed by atoms with E-state index in [0.29, 0.717) is 0 Å². The van der Waals surface area contributed by atoms with Crippen LogP contribution in [0.1, 0.15) is 30.9 Å². The Balaban J connectivity index is 1.60. The molecule has 0 spiro atoms. The molecule has 0 bridgehead atoms. The fourth-order valence-electron chi connectivity index (χ4n) is 2.22. The Labute approximate surface area is 128 Å². The molecule has 0 atom stereocenters. The van der Waals surface area contributed by atoms with E-state index in [4.69, 9.17) is 4.74 Å². The Morgan fingerprint density at radius 2 is 1.71 bits per heavy atom. The van der Waals surface area contributed by atoms with Crippen molar-refractivity contribution < 1.29 is 4.74 Å². The summed E-state index contributed by atoms with van der Waals surface area (Å²) in [5, 5.41) is 3.45. The summed E-state index contributed by atoms with van der Waals surface area (Å²) >= 11 is 0. The smallest absolute Gasteiger partial charge is 0.122 e. The van der Waals surface area contributed by atoms with Crippen LogP contribution in [0, 0.1) is 6.92 Å². The molecule has 2 nitrogen and oxygen atoms in total. The number of ether oxygens (including phenoxy) is 1. The molecule has 0 aliphatic rings. The van der Waals surface area contributed by atoms with Gasteiger partial charge in [0, 0.05) is 12.2 Å². The maximum atomic E-state index is 5.79. The molecule has 0 radical (unpaired) electrons. The Morgan fingerprint density at radius 3 is 2.43 bits per heavy atom. The van der Waals surface area contributed by atoms with E-state index in [1.165, 1.54) is 16.8 Å². The number of para-hydroxylation sites is 1. The highest BCUT2D eigenvalue weighted by Gasteiger charge is 1.97. The second kappa shape index (κ2) is 8.35. The first kappa shape index (κ1) is 15.4. The number of nitrogens with one attached hydrogen (secondary N) is 1. The molecule has 2 rings (SSSR count). The van der Waals surface area contributed by atoms with Crippen LogP contribution in [0.5, 0.6) is 5.75 Å². The van der Waals surface area contributed by atoms with Crippen molar-refractivity contribution >= 4 is 5.69 Å². The van der Waals surface area contributed by atoms with Crippen molar-refractivity contribution in [2.24, 2.45) is 0 Å². The summed E-state index contributed by atoms with van der Waals surface area (Å²) in [5.74, 6) is 1.00. The van der Waals surface area contributed by atoms with Gasteiger partial charge in [-0.1, -0.05) is 37.3 Å². The van der Waals surface area contributed by atoms with E-state index in [2.05, 4.69) is 49.5 Å². The molecule has 21 heavy (non-hydrogen) atoms. The number of hydrogen-bond donors (Lipinski definition) is 1. The van der Waals surface area contributed by atoms with E-state index in [9.17, 15) is 0 Å². The van der Waals surface area contributed by atoms with Crippen molar-refractivity contribution in [3.63, 3.8) is 0 Å². The highest BCUT2D eigenvalue weighted by Crippen LogP contribution is 2.16. The second-order valence-electron chi connectivity index (χ2n) is 5.30. The topological polar surface area (TPSA) is 21.3 Å². The molecule has 0 aromatic heterocycles. The molecule has 112 valence electrons. The minimum absolute atomic E-state index is 0.779. The molecule has 0 heterocycles. The highest BCUT2D eigenvalue weighted by molar-refractivity contribution is 5.44. The summed E-state index contributed by atoms with van der Waals surface area (Å²) in [4.78, 5) is 0. The van der Waals surface area contributed by atoms with Crippen molar-refractivity contribution in [3.8, 4) is 5.75 Å². The quantitative estimate of drug-likeness (QED) is 0.701. The van der Waals surface area contributed by atoms with Crippen LogP contribution < -0.4 is 10.1 Å². The van der Waals surface area contributed by atoms with Crippen LogP contribution >= 0.6 is 0 Å². The molecule has 0 fully saturated rings. The first-order chi connectivity index (χ1) is 10.3. The molecular weight excluding hydrogens is 258 g/mol. The van der Waals surface area contributed by atoms with Crippen molar-refractivity contribution in [1.82, 2.24) is 0 Å². The van der Waals surface area contributed by atoms with Gasteiger partial charge in [0.1, 0.15) is 5.75 Å². The van der Waals surface area contributed by atoms with Gasteiger partial charge in [-0.05, 0) is 55.5 Å². The van der Waals surface area contributed by atoms with Gasteiger partial charge in [0.25, 0.3) is 0 Å². The summed E-state index contributed by atoms with van der Waals surface area (Å²) in [5.41, 5.74) is 3.78. The lowest BCUT2D eigenvalue weighted by molar-refractivity contribution is 0.306. The van der Waals surface area contributed by atoms with Gasteiger partial charge in [-0.15, -0.1) is 0 Å². The molecule has 2 aromatic carbocycles. The lowest BCUT2D eigenvalue weighted by Crippen LogP contribution is -2.05. The predicted molar refractivity (Wildman–Crippen MR) is 90.2 cm³/mol. The molecule has 0 amide bonds.